The molecule has 2 aromatic rings. The molecular weight excluding hydrogens is 355 g/mol. The summed E-state index contributed by atoms with van der Waals surface area (Å²) >= 11 is 8.90. The highest BCUT2D eigenvalue weighted by atomic mass is 127. The molecule has 0 N–H and O–H groups in total. The highest BCUT2D eigenvalue weighted by molar-refractivity contribution is 14.1. The van der Waals surface area contributed by atoms with Gasteiger partial charge in [0.25, 0.3) is 0 Å². The predicted octanol–water partition coefficient (Wildman–Crippen LogP) is 5.11. The van der Waals surface area contributed by atoms with Crippen molar-refractivity contribution in [3.05, 3.63) is 68.3 Å². The first-order chi connectivity index (χ1) is 8.74. The van der Waals surface area contributed by atoms with Gasteiger partial charge in [-0.1, -0.05) is 30.3 Å². The van der Waals surface area contributed by atoms with Crippen molar-refractivity contribution in [3.63, 3.8) is 0 Å². The molecule has 0 saturated heterocycles. The average molecular weight is 369 g/mol. The fourth-order valence-corrected chi connectivity index (χ4v) is 3.21. The number of fused-ring (bicyclic) bond motifs is 1. The van der Waals surface area contributed by atoms with Crippen molar-refractivity contribution < 1.29 is 0 Å². The lowest BCUT2D eigenvalue weighted by Crippen LogP contribution is -1.95. The van der Waals surface area contributed by atoms with Crippen LogP contribution in [0.15, 0.2) is 42.5 Å². The van der Waals surface area contributed by atoms with Gasteiger partial charge in [-0.25, -0.2) is 0 Å². The number of aryl methyl sites for hydroxylation is 2. The molecule has 0 fully saturated rings. The van der Waals surface area contributed by atoms with Crippen LogP contribution < -0.4 is 0 Å². The van der Waals surface area contributed by atoms with Crippen molar-refractivity contribution in [2.75, 3.05) is 0 Å². The lowest BCUT2D eigenvalue weighted by Gasteiger charge is -2.12. The number of hydrogen-bond donors (Lipinski definition) is 0. The predicted molar refractivity (Wildman–Crippen MR) is 85.3 cm³/mol. The number of hydrogen-bond acceptors (Lipinski definition) is 0. The Morgan fingerprint density at radius 2 is 1.56 bits per heavy atom. The number of alkyl halides is 1. The van der Waals surface area contributed by atoms with E-state index in [4.69, 9.17) is 11.6 Å². The van der Waals surface area contributed by atoms with Crippen molar-refractivity contribution in [2.24, 2.45) is 0 Å². The van der Waals surface area contributed by atoms with Gasteiger partial charge in [0.05, 0.1) is 5.38 Å². The minimum Gasteiger partial charge on any atom is -0.113 e. The zero-order chi connectivity index (χ0) is 12.5. The van der Waals surface area contributed by atoms with Gasteiger partial charge in [0.1, 0.15) is 0 Å². The van der Waals surface area contributed by atoms with Crippen LogP contribution in [0.25, 0.3) is 0 Å². The third kappa shape index (κ3) is 2.43. The van der Waals surface area contributed by atoms with Crippen molar-refractivity contribution >= 4 is 34.2 Å². The summed E-state index contributed by atoms with van der Waals surface area (Å²) in [7, 11) is 0. The van der Waals surface area contributed by atoms with E-state index in [9.17, 15) is 0 Å². The van der Waals surface area contributed by atoms with Gasteiger partial charge in [-0.2, -0.15) is 0 Å². The average Bonchev–Trinajstić information content (AvgIpc) is 2.86. The molecule has 1 unspecified atom stereocenters. The van der Waals surface area contributed by atoms with Crippen molar-refractivity contribution in [3.8, 4) is 0 Å². The Morgan fingerprint density at radius 3 is 2.33 bits per heavy atom. The lowest BCUT2D eigenvalue weighted by atomic mass is 10.0. The molecule has 92 valence electrons. The van der Waals surface area contributed by atoms with Gasteiger partial charge in [-0.15, -0.1) is 11.6 Å². The van der Waals surface area contributed by atoms with Crippen LogP contribution in [-0.2, 0) is 12.8 Å². The molecule has 0 heterocycles. The first-order valence-corrected chi connectivity index (χ1v) is 7.77. The summed E-state index contributed by atoms with van der Waals surface area (Å²) < 4.78 is 1.24. The van der Waals surface area contributed by atoms with E-state index in [1.807, 2.05) is 0 Å². The quantitative estimate of drug-likeness (QED) is 0.510. The van der Waals surface area contributed by atoms with Crippen LogP contribution >= 0.6 is 34.2 Å². The van der Waals surface area contributed by atoms with Gasteiger partial charge in [-0.3, -0.25) is 0 Å². The summed E-state index contributed by atoms with van der Waals surface area (Å²) in [5.74, 6) is 0. The monoisotopic (exact) mass is 368 g/mol. The minimum absolute atomic E-state index is 0.0344. The summed E-state index contributed by atoms with van der Waals surface area (Å²) in [5.41, 5.74) is 5.39. The maximum Gasteiger partial charge on any atom is 0.0835 e. The van der Waals surface area contributed by atoms with E-state index in [-0.39, 0.29) is 5.38 Å². The SMILES string of the molecule is ClC(c1ccc(I)cc1)c1ccc2c(c1)CCC2. The molecule has 0 aliphatic heterocycles. The van der Waals surface area contributed by atoms with Crippen molar-refractivity contribution in [1.29, 1.82) is 0 Å². The second-order valence-electron chi connectivity index (χ2n) is 4.80. The summed E-state index contributed by atoms with van der Waals surface area (Å²) in [6.45, 7) is 0. The van der Waals surface area contributed by atoms with Crippen LogP contribution in [0.3, 0.4) is 0 Å². The smallest absolute Gasteiger partial charge is 0.0835 e. The van der Waals surface area contributed by atoms with Crippen molar-refractivity contribution in [2.45, 2.75) is 24.6 Å². The molecule has 1 aliphatic rings. The lowest BCUT2D eigenvalue weighted by molar-refractivity contribution is 0.911. The third-order valence-electron chi connectivity index (χ3n) is 3.58. The Morgan fingerprint density at radius 1 is 0.889 bits per heavy atom. The van der Waals surface area contributed by atoms with Crippen LogP contribution in [0.5, 0.6) is 0 Å². The van der Waals surface area contributed by atoms with E-state index in [1.54, 1.807) is 0 Å². The molecule has 2 heteroatoms. The molecule has 0 bridgehead atoms. The molecule has 2 aromatic carbocycles. The van der Waals surface area contributed by atoms with Gasteiger partial charge >= 0.3 is 0 Å². The highest BCUT2D eigenvalue weighted by Crippen LogP contribution is 2.32. The molecule has 0 amide bonds. The van der Waals surface area contributed by atoms with Gasteiger partial charge in [-0.05, 0) is 76.2 Å². The molecular formula is C16H14ClI. The first-order valence-electron chi connectivity index (χ1n) is 6.25. The summed E-state index contributed by atoms with van der Waals surface area (Å²) in [6, 6.07) is 15.2. The molecule has 0 radical (unpaired) electrons. The zero-order valence-electron chi connectivity index (χ0n) is 10.00. The van der Waals surface area contributed by atoms with E-state index < -0.39 is 0 Å². The summed E-state index contributed by atoms with van der Waals surface area (Å²) in [6.07, 6.45) is 3.72. The van der Waals surface area contributed by atoms with E-state index in [0.717, 1.165) is 0 Å². The number of halogens is 2. The minimum atomic E-state index is -0.0344. The van der Waals surface area contributed by atoms with Gasteiger partial charge in [0.15, 0.2) is 0 Å². The fourth-order valence-electron chi connectivity index (χ4n) is 2.57. The molecule has 1 aliphatic carbocycles. The molecule has 0 spiro atoms. The maximum absolute atomic E-state index is 6.58. The summed E-state index contributed by atoms with van der Waals surface area (Å²) in [5, 5.41) is -0.0344. The molecule has 1 atom stereocenters. The molecule has 18 heavy (non-hydrogen) atoms. The van der Waals surface area contributed by atoms with E-state index in [0.29, 0.717) is 0 Å². The standard InChI is InChI=1S/C16H14ClI/c17-16(12-6-8-15(18)9-7-12)14-5-4-11-2-1-3-13(11)10-14/h4-10,16H,1-3H2. The van der Waals surface area contributed by atoms with E-state index >= 15 is 0 Å². The second kappa shape index (κ2) is 5.22. The van der Waals surface area contributed by atoms with Crippen LogP contribution in [0, 0.1) is 3.57 Å². The van der Waals surface area contributed by atoms with Crippen LogP contribution in [0.2, 0.25) is 0 Å². The Hall–Kier alpha value is -0.540. The largest absolute Gasteiger partial charge is 0.113 e. The molecule has 3 rings (SSSR count). The Kier molecular flexibility index (Phi) is 3.62. The Balaban J connectivity index is 1.92. The first kappa shape index (κ1) is 12.5. The van der Waals surface area contributed by atoms with E-state index in [2.05, 4.69) is 65.1 Å². The summed E-state index contributed by atoms with van der Waals surface area (Å²) in [4.78, 5) is 0. The zero-order valence-corrected chi connectivity index (χ0v) is 12.9. The van der Waals surface area contributed by atoms with Crippen molar-refractivity contribution in [1.82, 2.24) is 0 Å². The molecule has 0 aromatic heterocycles. The van der Waals surface area contributed by atoms with Gasteiger partial charge in [0, 0.05) is 3.57 Å². The normalized spacial score (nSPS) is 15.4. The van der Waals surface area contributed by atoms with Crippen LogP contribution in [0.1, 0.15) is 34.1 Å². The maximum atomic E-state index is 6.58. The Labute approximate surface area is 127 Å². The Bertz CT molecular complexity index is 560. The van der Waals surface area contributed by atoms with Crippen LogP contribution in [0.4, 0.5) is 0 Å². The number of benzene rings is 2. The molecule has 0 saturated carbocycles. The second-order valence-corrected chi connectivity index (χ2v) is 6.48. The van der Waals surface area contributed by atoms with Crippen LogP contribution in [-0.4, -0.2) is 0 Å². The van der Waals surface area contributed by atoms with Gasteiger partial charge in [0.2, 0.25) is 0 Å². The third-order valence-corrected chi connectivity index (χ3v) is 4.80. The van der Waals surface area contributed by atoms with E-state index in [1.165, 1.54) is 45.1 Å². The fraction of sp³-hybridized carbons (Fsp3) is 0.250. The topological polar surface area (TPSA) is 0 Å². The number of rotatable bonds is 2. The van der Waals surface area contributed by atoms with Gasteiger partial charge < -0.3 is 0 Å². The highest BCUT2D eigenvalue weighted by Gasteiger charge is 2.15. The molecule has 0 nitrogen and oxygen atoms in total.